The first kappa shape index (κ1) is 21.1. The molecule has 0 atom stereocenters. The van der Waals surface area contributed by atoms with E-state index in [0.29, 0.717) is 42.3 Å². The maximum absolute atomic E-state index is 12.7. The summed E-state index contributed by atoms with van der Waals surface area (Å²) in [4.78, 5) is 41.1. The standard InChI is InChI=1S/C23H25ClN2O3/c1-17-3-5-18(6-4-17)21(27)11-12-22(28)25-13-2-14-26(16-15-25)23(29)19-7-9-20(24)10-8-19/h3-10H,2,11-16H2,1H3. The molecule has 0 saturated carbocycles. The van der Waals surface area contributed by atoms with Gasteiger partial charge in [0.1, 0.15) is 0 Å². The number of benzene rings is 2. The largest absolute Gasteiger partial charge is 0.341 e. The van der Waals surface area contributed by atoms with Gasteiger partial charge in [-0.05, 0) is 37.6 Å². The molecule has 1 heterocycles. The molecule has 0 spiro atoms. The predicted octanol–water partition coefficient (Wildman–Crippen LogP) is 3.99. The highest BCUT2D eigenvalue weighted by atomic mass is 35.5. The first-order valence-corrected chi connectivity index (χ1v) is 10.2. The molecule has 3 rings (SSSR count). The van der Waals surface area contributed by atoms with E-state index in [1.807, 2.05) is 19.1 Å². The molecule has 0 aromatic heterocycles. The Morgan fingerprint density at radius 1 is 0.793 bits per heavy atom. The summed E-state index contributed by atoms with van der Waals surface area (Å²) in [6.45, 7) is 4.14. The van der Waals surface area contributed by atoms with Gasteiger partial charge in [-0.2, -0.15) is 0 Å². The van der Waals surface area contributed by atoms with Gasteiger partial charge in [-0.15, -0.1) is 0 Å². The van der Waals surface area contributed by atoms with E-state index in [-0.39, 0.29) is 30.4 Å². The lowest BCUT2D eigenvalue weighted by Crippen LogP contribution is -2.37. The Morgan fingerprint density at radius 2 is 1.38 bits per heavy atom. The molecular weight excluding hydrogens is 388 g/mol. The number of hydrogen-bond acceptors (Lipinski definition) is 3. The van der Waals surface area contributed by atoms with Crippen LogP contribution in [0.3, 0.4) is 0 Å². The monoisotopic (exact) mass is 412 g/mol. The van der Waals surface area contributed by atoms with E-state index in [0.717, 1.165) is 12.0 Å². The van der Waals surface area contributed by atoms with E-state index in [2.05, 4.69) is 0 Å². The van der Waals surface area contributed by atoms with Crippen LogP contribution in [0.1, 0.15) is 45.5 Å². The number of halogens is 1. The van der Waals surface area contributed by atoms with Crippen LogP contribution in [0, 0.1) is 6.92 Å². The maximum Gasteiger partial charge on any atom is 0.253 e. The van der Waals surface area contributed by atoms with Crippen molar-refractivity contribution in [2.45, 2.75) is 26.2 Å². The smallest absolute Gasteiger partial charge is 0.253 e. The van der Waals surface area contributed by atoms with Crippen molar-refractivity contribution in [3.05, 3.63) is 70.2 Å². The number of rotatable bonds is 5. The van der Waals surface area contributed by atoms with E-state index in [9.17, 15) is 14.4 Å². The molecule has 1 aliphatic heterocycles. The Kier molecular flexibility index (Phi) is 7.04. The van der Waals surface area contributed by atoms with Gasteiger partial charge in [0.25, 0.3) is 5.91 Å². The topological polar surface area (TPSA) is 57.7 Å². The van der Waals surface area contributed by atoms with Gasteiger partial charge in [0.05, 0.1) is 0 Å². The quantitative estimate of drug-likeness (QED) is 0.698. The minimum absolute atomic E-state index is 0.0206. The zero-order chi connectivity index (χ0) is 20.8. The van der Waals surface area contributed by atoms with Crippen molar-refractivity contribution in [2.75, 3.05) is 26.2 Å². The zero-order valence-electron chi connectivity index (χ0n) is 16.6. The van der Waals surface area contributed by atoms with Gasteiger partial charge >= 0.3 is 0 Å². The highest BCUT2D eigenvalue weighted by Gasteiger charge is 2.23. The van der Waals surface area contributed by atoms with Crippen molar-refractivity contribution >= 4 is 29.2 Å². The van der Waals surface area contributed by atoms with Crippen LogP contribution in [0.5, 0.6) is 0 Å². The molecule has 6 heteroatoms. The van der Waals surface area contributed by atoms with Crippen LogP contribution in [0.25, 0.3) is 0 Å². The Balaban J connectivity index is 1.51. The fourth-order valence-corrected chi connectivity index (χ4v) is 3.53. The van der Waals surface area contributed by atoms with Crippen LogP contribution in [0.4, 0.5) is 0 Å². The number of nitrogens with zero attached hydrogens (tertiary/aromatic N) is 2. The second-order valence-corrected chi connectivity index (χ2v) is 7.76. The molecule has 5 nitrogen and oxygen atoms in total. The van der Waals surface area contributed by atoms with Crippen LogP contribution in [-0.4, -0.2) is 53.6 Å². The van der Waals surface area contributed by atoms with Gasteiger partial charge in [-0.25, -0.2) is 0 Å². The van der Waals surface area contributed by atoms with E-state index in [1.54, 1.807) is 46.2 Å². The minimum Gasteiger partial charge on any atom is -0.341 e. The molecule has 2 aromatic rings. The Labute approximate surface area is 176 Å². The minimum atomic E-state index is -0.0504. The summed E-state index contributed by atoms with van der Waals surface area (Å²) < 4.78 is 0. The van der Waals surface area contributed by atoms with E-state index < -0.39 is 0 Å². The lowest BCUT2D eigenvalue weighted by atomic mass is 10.0. The second-order valence-electron chi connectivity index (χ2n) is 7.32. The van der Waals surface area contributed by atoms with Gasteiger partial charge < -0.3 is 9.80 Å². The second kappa shape index (κ2) is 9.70. The Hall–Kier alpha value is -2.66. The Morgan fingerprint density at radius 3 is 2.07 bits per heavy atom. The summed E-state index contributed by atoms with van der Waals surface area (Å²) in [5.74, 6) is -0.107. The molecule has 152 valence electrons. The molecule has 0 aliphatic carbocycles. The van der Waals surface area contributed by atoms with Crippen LogP contribution < -0.4 is 0 Å². The number of aryl methyl sites for hydroxylation is 1. The first-order chi connectivity index (χ1) is 13.9. The molecule has 29 heavy (non-hydrogen) atoms. The van der Waals surface area contributed by atoms with Crippen molar-refractivity contribution in [1.82, 2.24) is 9.80 Å². The molecule has 1 aliphatic rings. The summed E-state index contributed by atoms with van der Waals surface area (Å²) in [6.07, 6.45) is 1.11. The third-order valence-electron chi connectivity index (χ3n) is 5.17. The highest BCUT2D eigenvalue weighted by molar-refractivity contribution is 6.30. The van der Waals surface area contributed by atoms with Crippen molar-refractivity contribution in [2.24, 2.45) is 0 Å². The summed E-state index contributed by atoms with van der Waals surface area (Å²) in [5.41, 5.74) is 2.33. The van der Waals surface area contributed by atoms with E-state index >= 15 is 0 Å². The van der Waals surface area contributed by atoms with Crippen LogP contribution in [0.2, 0.25) is 5.02 Å². The molecule has 2 amide bonds. The van der Waals surface area contributed by atoms with Crippen LogP contribution in [-0.2, 0) is 4.79 Å². The predicted molar refractivity (Wildman–Crippen MR) is 113 cm³/mol. The first-order valence-electron chi connectivity index (χ1n) is 9.86. The van der Waals surface area contributed by atoms with Gasteiger partial charge in [-0.1, -0.05) is 41.4 Å². The molecule has 1 saturated heterocycles. The molecule has 2 aromatic carbocycles. The molecule has 0 unspecified atom stereocenters. The Bertz CT molecular complexity index is 878. The highest BCUT2D eigenvalue weighted by Crippen LogP contribution is 2.14. The molecule has 0 radical (unpaired) electrons. The third-order valence-corrected chi connectivity index (χ3v) is 5.42. The number of carbonyl (C=O) groups is 3. The molecule has 0 bridgehead atoms. The maximum atomic E-state index is 12.7. The fraction of sp³-hybridized carbons (Fsp3) is 0.348. The fourth-order valence-electron chi connectivity index (χ4n) is 3.41. The molecule has 0 N–H and O–H groups in total. The summed E-state index contributed by atoms with van der Waals surface area (Å²) in [7, 11) is 0. The van der Waals surface area contributed by atoms with Crippen molar-refractivity contribution in [1.29, 1.82) is 0 Å². The van der Waals surface area contributed by atoms with Crippen LogP contribution >= 0.6 is 11.6 Å². The average Bonchev–Trinajstić information content (AvgIpc) is 2.99. The third kappa shape index (κ3) is 5.67. The number of ketones is 1. The summed E-state index contributed by atoms with van der Waals surface area (Å²) >= 11 is 5.89. The van der Waals surface area contributed by atoms with Crippen molar-refractivity contribution < 1.29 is 14.4 Å². The molecule has 1 fully saturated rings. The van der Waals surface area contributed by atoms with Gasteiger partial charge in [-0.3, -0.25) is 14.4 Å². The normalized spacial score (nSPS) is 14.4. The lowest BCUT2D eigenvalue weighted by molar-refractivity contribution is -0.131. The van der Waals surface area contributed by atoms with Gasteiger partial charge in [0, 0.05) is 55.2 Å². The number of amides is 2. The SMILES string of the molecule is Cc1ccc(C(=O)CCC(=O)N2CCCN(C(=O)c3ccc(Cl)cc3)CC2)cc1. The average molecular weight is 413 g/mol. The summed E-state index contributed by atoms with van der Waals surface area (Å²) in [6, 6.07) is 14.2. The zero-order valence-corrected chi connectivity index (χ0v) is 17.3. The van der Waals surface area contributed by atoms with E-state index in [4.69, 9.17) is 11.6 Å². The lowest BCUT2D eigenvalue weighted by Gasteiger charge is -2.22. The number of Topliss-reactive ketones (excluding diaryl/α,β-unsaturated/α-hetero) is 1. The number of hydrogen-bond donors (Lipinski definition) is 0. The molecular formula is C23H25ClN2O3. The summed E-state index contributed by atoms with van der Waals surface area (Å²) in [5, 5.41) is 0.592. The van der Waals surface area contributed by atoms with Gasteiger partial charge in [0.2, 0.25) is 5.91 Å². The van der Waals surface area contributed by atoms with Crippen LogP contribution in [0.15, 0.2) is 48.5 Å². The van der Waals surface area contributed by atoms with Crippen molar-refractivity contribution in [3.8, 4) is 0 Å². The number of carbonyl (C=O) groups excluding carboxylic acids is 3. The van der Waals surface area contributed by atoms with Crippen molar-refractivity contribution in [3.63, 3.8) is 0 Å². The van der Waals surface area contributed by atoms with E-state index in [1.165, 1.54) is 0 Å². The van der Waals surface area contributed by atoms with Gasteiger partial charge in [0.15, 0.2) is 5.78 Å².